The number of thiazole rings is 1. The summed E-state index contributed by atoms with van der Waals surface area (Å²) in [7, 11) is 0. The first kappa shape index (κ1) is 22.2. The van der Waals surface area contributed by atoms with Gasteiger partial charge in [-0.25, -0.2) is 4.79 Å². The second-order valence-corrected chi connectivity index (χ2v) is 8.90. The van der Waals surface area contributed by atoms with Gasteiger partial charge in [-0.15, -0.1) is 11.3 Å². The van der Waals surface area contributed by atoms with Gasteiger partial charge in [-0.05, 0) is 37.0 Å². The molecule has 0 bridgehead atoms. The number of hydrogen-bond donors (Lipinski definition) is 0. The number of esters is 1. The normalized spacial score (nSPS) is 24.8. The summed E-state index contributed by atoms with van der Waals surface area (Å²) in [6.07, 6.45) is 1.96. The molecule has 2 aromatic rings. The van der Waals surface area contributed by atoms with Crippen molar-refractivity contribution in [1.29, 1.82) is 0 Å². The molecule has 32 heavy (non-hydrogen) atoms. The maximum atomic E-state index is 13.9. The van der Waals surface area contributed by atoms with Crippen molar-refractivity contribution < 1.29 is 33.0 Å². The highest BCUT2D eigenvalue weighted by molar-refractivity contribution is 7.09. The van der Waals surface area contributed by atoms with Crippen molar-refractivity contribution >= 4 is 29.1 Å². The molecule has 0 saturated carbocycles. The Morgan fingerprint density at radius 1 is 1.34 bits per heavy atom. The average Bonchev–Trinajstić information content (AvgIpc) is 3.34. The largest absolute Gasteiger partial charge is 0.464 e. The number of nitrogens with zero attached hydrogens (tertiary/aromatic N) is 2. The van der Waals surface area contributed by atoms with Gasteiger partial charge in [0.15, 0.2) is 11.5 Å². The lowest BCUT2D eigenvalue weighted by atomic mass is 9.83. The Morgan fingerprint density at radius 2 is 2.09 bits per heavy atom. The third kappa shape index (κ3) is 4.19. The molecule has 1 aromatic heterocycles. The quantitative estimate of drug-likeness (QED) is 0.461. The number of aromatic nitrogens is 1. The Bertz CT molecular complexity index is 1040. The van der Waals surface area contributed by atoms with Crippen molar-refractivity contribution in [2.24, 2.45) is 5.92 Å². The van der Waals surface area contributed by atoms with Gasteiger partial charge in [0.25, 0.3) is 0 Å². The standard InChI is InChI=1S/C22H23FN2O6S/c1-4-29-21(28)19-15(9-14-10-24-11-32-14)20(27)25(19)18(26)7-12(2)13-5-6-16-17(8-13)31-22(3,23)30-16/h5-6,8,10-12,15,19H,4,7,9H2,1-3H3/t12-,15+,19-,22?/m0/s1. The summed E-state index contributed by atoms with van der Waals surface area (Å²) < 4.78 is 29.2. The van der Waals surface area contributed by atoms with Crippen LogP contribution in [0.25, 0.3) is 0 Å². The predicted octanol–water partition coefficient (Wildman–Crippen LogP) is 3.21. The molecule has 2 aliphatic heterocycles. The van der Waals surface area contributed by atoms with Crippen molar-refractivity contribution in [3.8, 4) is 11.5 Å². The molecule has 170 valence electrons. The van der Waals surface area contributed by atoms with Crippen molar-refractivity contribution in [2.45, 2.75) is 51.6 Å². The summed E-state index contributed by atoms with van der Waals surface area (Å²) in [5.41, 5.74) is 2.37. The third-order valence-corrected chi connectivity index (χ3v) is 6.32. The van der Waals surface area contributed by atoms with Crippen LogP contribution in [-0.2, 0) is 25.5 Å². The van der Waals surface area contributed by atoms with Gasteiger partial charge in [0.2, 0.25) is 11.8 Å². The number of imide groups is 1. The monoisotopic (exact) mass is 462 g/mol. The summed E-state index contributed by atoms with van der Waals surface area (Å²) in [5, 5.41) is 0. The highest BCUT2D eigenvalue weighted by atomic mass is 32.1. The van der Waals surface area contributed by atoms with E-state index in [0.29, 0.717) is 6.42 Å². The number of carbonyl (C=O) groups excluding carboxylic acids is 3. The molecule has 1 saturated heterocycles. The van der Waals surface area contributed by atoms with Gasteiger partial charge >= 0.3 is 12.0 Å². The number of benzene rings is 1. The number of rotatable bonds is 7. The molecule has 0 aliphatic carbocycles. The van der Waals surface area contributed by atoms with Crippen molar-refractivity contribution in [1.82, 2.24) is 9.88 Å². The smallest absolute Gasteiger partial charge is 0.404 e. The zero-order valence-electron chi connectivity index (χ0n) is 17.9. The lowest BCUT2D eigenvalue weighted by Gasteiger charge is -2.44. The van der Waals surface area contributed by atoms with Gasteiger partial charge in [-0.1, -0.05) is 13.0 Å². The summed E-state index contributed by atoms with van der Waals surface area (Å²) in [5.74, 6) is -1.88. The van der Waals surface area contributed by atoms with E-state index in [9.17, 15) is 18.8 Å². The average molecular weight is 462 g/mol. The molecule has 8 nitrogen and oxygen atoms in total. The van der Waals surface area contributed by atoms with Crippen LogP contribution in [0.3, 0.4) is 0 Å². The van der Waals surface area contributed by atoms with Crippen LogP contribution in [0.15, 0.2) is 29.9 Å². The summed E-state index contributed by atoms with van der Waals surface area (Å²) >= 11 is 1.39. The number of amides is 2. The van der Waals surface area contributed by atoms with Crippen LogP contribution in [0.4, 0.5) is 4.39 Å². The molecule has 3 heterocycles. The molecule has 1 fully saturated rings. The fourth-order valence-electron chi connectivity index (χ4n) is 3.97. The minimum atomic E-state index is -2.23. The van der Waals surface area contributed by atoms with E-state index in [4.69, 9.17) is 14.2 Å². The minimum Gasteiger partial charge on any atom is -0.464 e. The molecule has 2 amide bonds. The summed E-state index contributed by atoms with van der Waals surface area (Å²) in [4.78, 5) is 44.2. The lowest BCUT2D eigenvalue weighted by molar-refractivity contribution is -0.179. The molecular weight excluding hydrogens is 439 g/mol. The molecule has 0 spiro atoms. The van der Waals surface area contributed by atoms with E-state index in [1.165, 1.54) is 11.3 Å². The number of alkyl halides is 1. The van der Waals surface area contributed by atoms with Crippen LogP contribution < -0.4 is 9.47 Å². The van der Waals surface area contributed by atoms with E-state index in [0.717, 1.165) is 22.3 Å². The van der Waals surface area contributed by atoms with Crippen LogP contribution >= 0.6 is 11.3 Å². The van der Waals surface area contributed by atoms with Crippen LogP contribution in [0.2, 0.25) is 0 Å². The zero-order valence-corrected chi connectivity index (χ0v) is 18.7. The van der Waals surface area contributed by atoms with E-state index >= 15 is 0 Å². The minimum absolute atomic E-state index is 0.0124. The van der Waals surface area contributed by atoms with Crippen molar-refractivity contribution in [2.75, 3.05) is 6.61 Å². The molecule has 0 N–H and O–H groups in total. The molecular formula is C22H23FN2O6S. The summed E-state index contributed by atoms with van der Waals surface area (Å²) in [6, 6.07) is 1.73. The molecule has 10 heteroatoms. The van der Waals surface area contributed by atoms with E-state index in [-0.39, 0.29) is 30.4 Å². The number of halogens is 1. The first-order valence-corrected chi connectivity index (χ1v) is 11.2. The first-order chi connectivity index (χ1) is 15.2. The Balaban J connectivity index is 1.47. The third-order valence-electron chi connectivity index (χ3n) is 5.52. The number of carbonyl (C=O) groups is 3. The Kier molecular flexibility index (Phi) is 5.89. The number of ether oxygens (including phenoxy) is 3. The SMILES string of the molecule is CCOC(=O)[C@@H]1[C@@H](Cc2cncs2)C(=O)N1C(=O)C[C@H](C)c1ccc2c(c1)OC(C)(F)O2. The van der Waals surface area contributed by atoms with Gasteiger partial charge in [-0.2, -0.15) is 4.39 Å². The Morgan fingerprint density at radius 3 is 2.78 bits per heavy atom. The van der Waals surface area contributed by atoms with Gasteiger partial charge in [0.1, 0.15) is 6.04 Å². The van der Waals surface area contributed by atoms with Gasteiger partial charge in [0, 0.05) is 24.4 Å². The van der Waals surface area contributed by atoms with Crippen LogP contribution in [0.5, 0.6) is 11.5 Å². The molecule has 2 aliphatic rings. The molecule has 4 rings (SSSR count). The maximum absolute atomic E-state index is 13.9. The fraction of sp³-hybridized carbons (Fsp3) is 0.455. The summed E-state index contributed by atoms with van der Waals surface area (Å²) in [6.45, 7) is 4.79. The van der Waals surface area contributed by atoms with E-state index in [1.807, 2.05) is 6.92 Å². The Labute approximate surface area is 188 Å². The Hall–Kier alpha value is -3.01. The first-order valence-electron chi connectivity index (χ1n) is 10.3. The second kappa shape index (κ2) is 8.50. The zero-order chi connectivity index (χ0) is 23.0. The molecule has 0 radical (unpaired) electrons. The maximum Gasteiger partial charge on any atom is 0.404 e. The molecule has 1 unspecified atom stereocenters. The van der Waals surface area contributed by atoms with Crippen molar-refractivity contribution in [3.63, 3.8) is 0 Å². The molecule has 4 atom stereocenters. The van der Waals surface area contributed by atoms with Gasteiger partial charge in [0.05, 0.1) is 18.0 Å². The molecule has 1 aromatic carbocycles. The van der Waals surface area contributed by atoms with Crippen LogP contribution in [0, 0.1) is 5.92 Å². The fourth-order valence-corrected chi connectivity index (χ4v) is 4.62. The number of fused-ring (bicyclic) bond motifs is 1. The topological polar surface area (TPSA) is 95.0 Å². The van der Waals surface area contributed by atoms with Crippen LogP contribution in [-0.4, -0.2) is 46.4 Å². The highest BCUT2D eigenvalue weighted by Gasteiger charge is 2.55. The predicted molar refractivity (Wildman–Crippen MR) is 112 cm³/mol. The van der Waals surface area contributed by atoms with E-state index in [1.54, 1.807) is 36.8 Å². The highest BCUT2D eigenvalue weighted by Crippen LogP contribution is 2.42. The van der Waals surface area contributed by atoms with Gasteiger partial charge in [-0.3, -0.25) is 19.5 Å². The van der Waals surface area contributed by atoms with E-state index in [2.05, 4.69) is 4.98 Å². The number of β-lactam (4-membered cyclic amide) rings is 1. The van der Waals surface area contributed by atoms with E-state index < -0.39 is 35.8 Å². The van der Waals surface area contributed by atoms with Gasteiger partial charge < -0.3 is 14.2 Å². The van der Waals surface area contributed by atoms with Crippen molar-refractivity contribution in [3.05, 3.63) is 40.3 Å². The number of hydrogen-bond acceptors (Lipinski definition) is 8. The lowest BCUT2D eigenvalue weighted by Crippen LogP contribution is -2.67. The second-order valence-electron chi connectivity index (χ2n) is 7.93. The number of likely N-dealkylation sites (tertiary alicyclic amines) is 1. The van der Waals surface area contributed by atoms with Crippen LogP contribution in [0.1, 0.15) is 43.6 Å².